The van der Waals surface area contributed by atoms with Crippen molar-refractivity contribution in [3.8, 4) is 0 Å². The predicted octanol–water partition coefficient (Wildman–Crippen LogP) is 5.46. The van der Waals surface area contributed by atoms with Crippen LogP contribution in [0.5, 0.6) is 0 Å². The standard InChI is InChI=1S/C24H29N5/c1-5-28(6-2)21-13-11-20(12-14-21)26-23-15-17(3)25-24(27-23)29-18(4)16-19-9-7-8-10-22(19)29/h7-15,18H,5-6,16H2,1-4H3,(H,25,26,27). The second kappa shape index (κ2) is 8.11. The number of rotatable bonds is 6. The number of hydrogen-bond acceptors (Lipinski definition) is 5. The number of nitrogens with one attached hydrogen (secondary N) is 1. The van der Waals surface area contributed by atoms with Crippen LogP contribution in [0, 0.1) is 6.92 Å². The van der Waals surface area contributed by atoms with Gasteiger partial charge in [-0.2, -0.15) is 4.98 Å². The third-order valence-electron chi connectivity index (χ3n) is 5.53. The summed E-state index contributed by atoms with van der Waals surface area (Å²) in [5.74, 6) is 1.57. The Morgan fingerprint density at radius 3 is 2.48 bits per heavy atom. The van der Waals surface area contributed by atoms with Gasteiger partial charge in [0.2, 0.25) is 5.95 Å². The van der Waals surface area contributed by atoms with Gasteiger partial charge in [0.05, 0.1) is 0 Å². The van der Waals surface area contributed by atoms with Crippen molar-refractivity contribution in [2.24, 2.45) is 0 Å². The SMILES string of the molecule is CCN(CC)c1ccc(Nc2cc(C)nc(N3c4ccccc4CC3C)n2)cc1. The fourth-order valence-corrected chi connectivity index (χ4v) is 4.09. The first kappa shape index (κ1) is 19.2. The van der Waals surface area contributed by atoms with Gasteiger partial charge < -0.3 is 15.1 Å². The van der Waals surface area contributed by atoms with Gasteiger partial charge in [0.25, 0.3) is 0 Å². The second-order valence-electron chi connectivity index (χ2n) is 7.59. The van der Waals surface area contributed by atoms with Gasteiger partial charge in [0, 0.05) is 48.0 Å². The van der Waals surface area contributed by atoms with Crippen LogP contribution in [-0.2, 0) is 6.42 Å². The van der Waals surface area contributed by atoms with E-state index in [1.165, 1.54) is 16.9 Å². The summed E-state index contributed by atoms with van der Waals surface area (Å²) < 4.78 is 0. The van der Waals surface area contributed by atoms with Gasteiger partial charge in [-0.3, -0.25) is 0 Å². The number of nitrogens with zero attached hydrogens (tertiary/aromatic N) is 4. The van der Waals surface area contributed by atoms with E-state index in [1.807, 2.05) is 13.0 Å². The van der Waals surface area contributed by atoms with E-state index in [1.54, 1.807) is 0 Å². The molecule has 1 aliphatic heterocycles. The second-order valence-corrected chi connectivity index (χ2v) is 7.59. The molecule has 2 heterocycles. The van der Waals surface area contributed by atoms with E-state index in [-0.39, 0.29) is 0 Å². The van der Waals surface area contributed by atoms with Gasteiger partial charge in [-0.15, -0.1) is 0 Å². The molecule has 4 rings (SSSR count). The van der Waals surface area contributed by atoms with Crippen molar-refractivity contribution in [3.05, 3.63) is 65.9 Å². The average Bonchev–Trinajstić information content (AvgIpc) is 3.05. The number of aromatic nitrogens is 2. The lowest BCUT2D eigenvalue weighted by molar-refractivity contribution is 0.738. The maximum Gasteiger partial charge on any atom is 0.232 e. The van der Waals surface area contributed by atoms with Crippen molar-refractivity contribution < 1.29 is 0 Å². The zero-order valence-electron chi connectivity index (χ0n) is 17.7. The molecule has 0 fully saturated rings. The topological polar surface area (TPSA) is 44.3 Å². The Labute approximate surface area is 173 Å². The molecule has 0 saturated carbocycles. The predicted molar refractivity (Wildman–Crippen MR) is 122 cm³/mol. The Morgan fingerprint density at radius 2 is 1.76 bits per heavy atom. The molecule has 1 N–H and O–H groups in total. The highest BCUT2D eigenvalue weighted by molar-refractivity contribution is 5.69. The summed E-state index contributed by atoms with van der Waals surface area (Å²) in [6.45, 7) is 10.6. The Morgan fingerprint density at radius 1 is 1.03 bits per heavy atom. The van der Waals surface area contributed by atoms with Crippen LogP contribution in [0.1, 0.15) is 32.0 Å². The molecule has 0 aliphatic carbocycles. The lowest BCUT2D eigenvalue weighted by Crippen LogP contribution is -2.26. The molecular formula is C24H29N5. The monoisotopic (exact) mass is 387 g/mol. The van der Waals surface area contributed by atoms with Crippen molar-refractivity contribution in [1.82, 2.24) is 9.97 Å². The molecule has 150 valence electrons. The van der Waals surface area contributed by atoms with Crippen molar-refractivity contribution in [2.75, 3.05) is 28.2 Å². The van der Waals surface area contributed by atoms with Gasteiger partial charge in [0.15, 0.2) is 0 Å². The van der Waals surface area contributed by atoms with Gasteiger partial charge in [-0.1, -0.05) is 18.2 Å². The lowest BCUT2D eigenvalue weighted by Gasteiger charge is -2.23. The number of hydrogen-bond donors (Lipinski definition) is 1. The normalized spacial score (nSPS) is 15.3. The quantitative estimate of drug-likeness (QED) is 0.609. The van der Waals surface area contributed by atoms with E-state index in [0.29, 0.717) is 6.04 Å². The van der Waals surface area contributed by atoms with Gasteiger partial charge >= 0.3 is 0 Å². The highest BCUT2D eigenvalue weighted by Crippen LogP contribution is 2.37. The first-order valence-electron chi connectivity index (χ1n) is 10.4. The first-order chi connectivity index (χ1) is 14.1. The van der Waals surface area contributed by atoms with Crippen LogP contribution in [0.3, 0.4) is 0 Å². The summed E-state index contributed by atoms with van der Waals surface area (Å²) in [6, 6.07) is 19.4. The fraction of sp³-hybridized carbons (Fsp3) is 0.333. The summed E-state index contributed by atoms with van der Waals surface area (Å²) in [5, 5.41) is 3.45. The summed E-state index contributed by atoms with van der Waals surface area (Å²) in [4.78, 5) is 14.2. The van der Waals surface area contributed by atoms with Crippen LogP contribution < -0.4 is 15.1 Å². The minimum atomic E-state index is 0.343. The zero-order valence-corrected chi connectivity index (χ0v) is 17.7. The maximum absolute atomic E-state index is 4.84. The van der Waals surface area contributed by atoms with Gasteiger partial charge in [-0.05, 0) is 70.0 Å². The summed E-state index contributed by atoms with van der Waals surface area (Å²) in [6.07, 6.45) is 1.02. The highest BCUT2D eigenvalue weighted by atomic mass is 15.3. The van der Waals surface area contributed by atoms with Crippen LogP contribution in [0.15, 0.2) is 54.6 Å². The molecule has 0 radical (unpaired) electrons. The van der Waals surface area contributed by atoms with Crippen molar-refractivity contribution in [3.63, 3.8) is 0 Å². The molecule has 1 atom stereocenters. The average molecular weight is 388 g/mol. The van der Waals surface area contributed by atoms with Crippen molar-refractivity contribution >= 4 is 28.8 Å². The Bertz CT molecular complexity index is 979. The number of anilines is 5. The molecule has 3 aromatic rings. The van der Waals surface area contributed by atoms with Crippen LogP contribution in [-0.4, -0.2) is 29.1 Å². The van der Waals surface area contributed by atoms with E-state index in [9.17, 15) is 0 Å². The van der Waals surface area contributed by atoms with Crippen molar-refractivity contribution in [1.29, 1.82) is 0 Å². The van der Waals surface area contributed by atoms with E-state index < -0.39 is 0 Å². The minimum Gasteiger partial charge on any atom is -0.372 e. The van der Waals surface area contributed by atoms with Crippen LogP contribution in [0.4, 0.5) is 28.8 Å². The van der Waals surface area contributed by atoms with E-state index in [2.05, 4.69) is 84.4 Å². The first-order valence-corrected chi connectivity index (χ1v) is 10.4. The zero-order chi connectivity index (χ0) is 20.4. The maximum atomic E-state index is 4.84. The Hall–Kier alpha value is -3.08. The highest BCUT2D eigenvalue weighted by Gasteiger charge is 2.29. The third-order valence-corrected chi connectivity index (χ3v) is 5.53. The minimum absolute atomic E-state index is 0.343. The molecule has 0 bridgehead atoms. The summed E-state index contributed by atoms with van der Waals surface area (Å²) in [5.41, 5.74) is 5.78. The van der Waals surface area contributed by atoms with E-state index in [0.717, 1.165) is 42.7 Å². The molecular weight excluding hydrogens is 358 g/mol. The molecule has 0 spiro atoms. The van der Waals surface area contributed by atoms with Crippen LogP contribution in [0.25, 0.3) is 0 Å². The third kappa shape index (κ3) is 3.90. The number of para-hydroxylation sites is 1. The Kier molecular flexibility index (Phi) is 5.38. The molecule has 0 saturated heterocycles. The smallest absolute Gasteiger partial charge is 0.232 e. The molecule has 1 aromatic heterocycles. The fourth-order valence-electron chi connectivity index (χ4n) is 4.09. The molecule has 1 unspecified atom stereocenters. The largest absolute Gasteiger partial charge is 0.372 e. The molecule has 0 amide bonds. The molecule has 29 heavy (non-hydrogen) atoms. The number of aryl methyl sites for hydroxylation is 1. The summed E-state index contributed by atoms with van der Waals surface area (Å²) in [7, 11) is 0. The van der Waals surface area contributed by atoms with Crippen LogP contribution >= 0.6 is 0 Å². The summed E-state index contributed by atoms with van der Waals surface area (Å²) >= 11 is 0. The molecule has 5 nitrogen and oxygen atoms in total. The van der Waals surface area contributed by atoms with E-state index in [4.69, 9.17) is 9.97 Å². The molecule has 1 aliphatic rings. The molecule has 2 aromatic carbocycles. The number of benzene rings is 2. The lowest BCUT2D eigenvalue weighted by atomic mass is 10.1. The Balaban J connectivity index is 1.60. The van der Waals surface area contributed by atoms with Crippen LogP contribution in [0.2, 0.25) is 0 Å². The van der Waals surface area contributed by atoms with Gasteiger partial charge in [0.1, 0.15) is 5.82 Å². The molecule has 5 heteroatoms. The number of fused-ring (bicyclic) bond motifs is 1. The van der Waals surface area contributed by atoms with Gasteiger partial charge in [-0.25, -0.2) is 4.98 Å². The van der Waals surface area contributed by atoms with E-state index >= 15 is 0 Å². The van der Waals surface area contributed by atoms with Crippen molar-refractivity contribution in [2.45, 2.75) is 40.2 Å².